The molecule has 0 aliphatic carbocycles. The number of benzene rings is 1. The molecule has 112 valence electrons. The van der Waals surface area contributed by atoms with Crippen molar-refractivity contribution in [1.82, 2.24) is 14.5 Å². The van der Waals surface area contributed by atoms with E-state index in [1.165, 1.54) is 10.6 Å². The average molecular weight is 315 g/mol. The second-order valence-corrected chi connectivity index (χ2v) is 5.57. The van der Waals surface area contributed by atoms with E-state index in [9.17, 15) is 4.79 Å². The first-order chi connectivity index (χ1) is 10.5. The van der Waals surface area contributed by atoms with E-state index in [-0.39, 0.29) is 16.8 Å². The molecule has 2 N–H and O–H groups in total. The Morgan fingerprint density at radius 2 is 1.91 bits per heavy atom. The fourth-order valence-electron chi connectivity index (χ4n) is 2.43. The van der Waals surface area contributed by atoms with Gasteiger partial charge in [0.15, 0.2) is 0 Å². The van der Waals surface area contributed by atoms with Gasteiger partial charge < -0.3 is 5.73 Å². The van der Waals surface area contributed by atoms with Crippen LogP contribution >= 0.6 is 11.6 Å². The van der Waals surface area contributed by atoms with Crippen molar-refractivity contribution < 1.29 is 0 Å². The Kier molecular flexibility index (Phi) is 3.68. The average Bonchev–Trinajstić information content (AvgIpc) is 2.51. The summed E-state index contributed by atoms with van der Waals surface area (Å²) in [6, 6.07) is 10.7. The smallest absolute Gasteiger partial charge is 0.261 e. The largest absolute Gasteiger partial charge is 0.323 e. The van der Waals surface area contributed by atoms with Gasteiger partial charge in [0.05, 0.1) is 11.1 Å². The summed E-state index contributed by atoms with van der Waals surface area (Å²) in [4.78, 5) is 21.5. The molecule has 2 aromatic heterocycles. The summed E-state index contributed by atoms with van der Waals surface area (Å²) < 4.78 is 1.51. The van der Waals surface area contributed by atoms with Gasteiger partial charge in [-0.05, 0) is 13.0 Å². The number of hydrogen-bond acceptors (Lipinski definition) is 4. The fourth-order valence-corrected chi connectivity index (χ4v) is 2.63. The number of halogens is 1. The van der Waals surface area contributed by atoms with Crippen LogP contribution in [0.3, 0.4) is 0 Å². The third-order valence-corrected chi connectivity index (χ3v) is 3.72. The molecule has 2 heterocycles. The van der Waals surface area contributed by atoms with E-state index < -0.39 is 0 Å². The van der Waals surface area contributed by atoms with Crippen LogP contribution in [0.1, 0.15) is 18.7 Å². The van der Waals surface area contributed by atoms with E-state index in [4.69, 9.17) is 17.3 Å². The van der Waals surface area contributed by atoms with Gasteiger partial charge in [-0.1, -0.05) is 41.9 Å². The van der Waals surface area contributed by atoms with Crippen LogP contribution in [-0.2, 0) is 7.05 Å². The maximum absolute atomic E-state index is 12.6. The van der Waals surface area contributed by atoms with Crippen molar-refractivity contribution in [2.45, 2.75) is 13.0 Å². The number of rotatable bonds is 2. The molecule has 0 unspecified atom stereocenters. The van der Waals surface area contributed by atoms with E-state index in [0.29, 0.717) is 22.4 Å². The Morgan fingerprint density at radius 3 is 2.55 bits per heavy atom. The zero-order chi connectivity index (χ0) is 15.9. The van der Waals surface area contributed by atoms with Crippen LogP contribution in [0.2, 0.25) is 5.15 Å². The minimum absolute atomic E-state index is 0.171. The molecule has 0 radical (unpaired) electrons. The molecule has 0 bridgehead atoms. The van der Waals surface area contributed by atoms with Gasteiger partial charge in [0, 0.05) is 18.7 Å². The Hall–Kier alpha value is -2.24. The lowest BCUT2D eigenvalue weighted by Gasteiger charge is -2.13. The van der Waals surface area contributed by atoms with Crippen molar-refractivity contribution in [3.8, 4) is 11.4 Å². The summed E-state index contributed by atoms with van der Waals surface area (Å²) >= 11 is 6.01. The molecule has 1 atom stereocenters. The zero-order valence-electron chi connectivity index (χ0n) is 12.2. The van der Waals surface area contributed by atoms with Crippen LogP contribution in [0.25, 0.3) is 22.3 Å². The first-order valence-corrected chi connectivity index (χ1v) is 7.25. The zero-order valence-corrected chi connectivity index (χ0v) is 13.0. The van der Waals surface area contributed by atoms with Gasteiger partial charge in [-0.2, -0.15) is 0 Å². The van der Waals surface area contributed by atoms with Crippen molar-refractivity contribution in [3.05, 3.63) is 57.6 Å². The van der Waals surface area contributed by atoms with Gasteiger partial charge in [0.25, 0.3) is 5.56 Å². The normalized spacial score (nSPS) is 12.5. The Morgan fingerprint density at radius 1 is 1.23 bits per heavy atom. The molecule has 5 nitrogen and oxygen atoms in total. The highest BCUT2D eigenvalue weighted by Crippen LogP contribution is 2.24. The van der Waals surface area contributed by atoms with E-state index >= 15 is 0 Å². The molecule has 0 spiro atoms. The van der Waals surface area contributed by atoms with Crippen LogP contribution in [0, 0.1) is 0 Å². The number of aromatic nitrogens is 3. The van der Waals surface area contributed by atoms with Crippen LogP contribution in [0.4, 0.5) is 0 Å². The Bertz CT molecular complexity index is 903. The Balaban J connectivity index is 2.43. The molecule has 1 aromatic carbocycles. The lowest BCUT2D eigenvalue weighted by Crippen LogP contribution is -2.22. The summed E-state index contributed by atoms with van der Waals surface area (Å²) in [5.74, 6) is 0.573. The predicted molar refractivity (Wildman–Crippen MR) is 87.8 cm³/mol. The summed E-state index contributed by atoms with van der Waals surface area (Å²) in [6.45, 7) is 1.79. The maximum atomic E-state index is 12.6. The summed E-state index contributed by atoms with van der Waals surface area (Å²) in [5.41, 5.74) is 7.67. The lowest BCUT2D eigenvalue weighted by molar-refractivity contribution is 0.783. The van der Waals surface area contributed by atoms with Crippen molar-refractivity contribution in [1.29, 1.82) is 0 Å². The molecule has 6 heteroatoms. The number of fused-ring (bicyclic) bond motifs is 1. The van der Waals surface area contributed by atoms with Gasteiger partial charge in [0.2, 0.25) is 0 Å². The molecule has 0 saturated carbocycles. The molecule has 0 amide bonds. The van der Waals surface area contributed by atoms with Crippen molar-refractivity contribution in [2.24, 2.45) is 12.8 Å². The third kappa shape index (κ3) is 2.38. The second-order valence-electron chi connectivity index (χ2n) is 5.18. The maximum Gasteiger partial charge on any atom is 0.261 e. The van der Waals surface area contributed by atoms with E-state index in [2.05, 4.69) is 9.97 Å². The molecule has 0 fully saturated rings. The van der Waals surface area contributed by atoms with E-state index in [0.717, 1.165) is 5.56 Å². The molecule has 0 saturated heterocycles. The quantitative estimate of drug-likeness (QED) is 0.738. The van der Waals surface area contributed by atoms with Gasteiger partial charge in [-0.25, -0.2) is 9.97 Å². The SMILES string of the molecule is C[C@@H](N)c1nc(Cl)cc2c(=O)n(C)c(-c3ccccc3)nc12. The van der Waals surface area contributed by atoms with Gasteiger partial charge in [0.1, 0.15) is 16.5 Å². The minimum atomic E-state index is -0.371. The summed E-state index contributed by atoms with van der Waals surface area (Å²) in [7, 11) is 1.69. The van der Waals surface area contributed by atoms with E-state index in [1.807, 2.05) is 30.3 Å². The highest BCUT2D eigenvalue weighted by molar-refractivity contribution is 6.30. The van der Waals surface area contributed by atoms with Gasteiger partial charge in [-0.3, -0.25) is 9.36 Å². The molecular weight excluding hydrogens is 300 g/mol. The van der Waals surface area contributed by atoms with Crippen molar-refractivity contribution in [2.75, 3.05) is 0 Å². The summed E-state index contributed by atoms with van der Waals surface area (Å²) in [6.07, 6.45) is 0. The highest BCUT2D eigenvalue weighted by atomic mass is 35.5. The number of hydrogen-bond donors (Lipinski definition) is 1. The van der Waals surface area contributed by atoms with Crippen LogP contribution < -0.4 is 11.3 Å². The molecule has 0 aliphatic rings. The summed E-state index contributed by atoms with van der Waals surface area (Å²) in [5, 5.41) is 0.667. The van der Waals surface area contributed by atoms with E-state index in [1.54, 1.807) is 14.0 Å². The fraction of sp³-hybridized carbons (Fsp3) is 0.188. The number of nitrogens with zero attached hydrogens (tertiary/aromatic N) is 3. The standard InChI is InChI=1S/C16H15ClN4O/c1-9(18)13-14-11(8-12(17)19-13)16(22)21(2)15(20-14)10-6-4-3-5-7-10/h3-9H,18H2,1-2H3/t9-/m1/s1. The molecule has 22 heavy (non-hydrogen) atoms. The first-order valence-electron chi connectivity index (χ1n) is 6.87. The number of nitrogens with two attached hydrogens (primary N) is 1. The molecular formula is C16H15ClN4O. The monoisotopic (exact) mass is 314 g/mol. The lowest BCUT2D eigenvalue weighted by atomic mass is 10.1. The first kappa shape index (κ1) is 14.7. The molecule has 0 aliphatic heterocycles. The van der Waals surface area contributed by atoms with Gasteiger partial charge in [-0.15, -0.1) is 0 Å². The van der Waals surface area contributed by atoms with Crippen LogP contribution in [0.5, 0.6) is 0 Å². The number of pyridine rings is 1. The molecule has 3 aromatic rings. The second kappa shape index (κ2) is 5.51. The van der Waals surface area contributed by atoms with Crippen LogP contribution in [-0.4, -0.2) is 14.5 Å². The highest BCUT2D eigenvalue weighted by Gasteiger charge is 2.16. The van der Waals surface area contributed by atoms with Crippen LogP contribution in [0.15, 0.2) is 41.2 Å². The van der Waals surface area contributed by atoms with Crippen molar-refractivity contribution in [3.63, 3.8) is 0 Å². The van der Waals surface area contributed by atoms with Crippen molar-refractivity contribution >= 4 is 22.5 Å². The molecule has 3 rings (SSSR count). The predicted octanol–water partition coefficient (Wildman–Crippen LogP) is 2.67. The van der Waals surface area contributed by atoms with Gasteiger partial charge >= 0.3 is 0 Å². The third-order valence-electron chi connectivity index (χ3n) is 3.52. The minimum Gasteiger partial charge on any atom is -0.323 e. The Labute approximate surface area is 132 Å². The topological polar surface area (TPSA) is 73.8 Å².